The summed E-state index contributed by atoms with van der Waals surface area (Å²) < 4.78 is 39.9. The summed E-state index contributed by atoms with van der Waals surface area (Å²) in [6, 6.07) is 11.0. The van der Waals surface area contributed by atoms with Crippen molar-refractivity contribution >= 4 is 10.0 Å². The lowest BCUT2D eigenvalue weighted by Gasteiger charge is -2.14. The van der Waals surface area contributed by atoms with Crippen LogP contribution in [0.4, 0.5) is 4.39 Å². The molecule has 19 heavy (non-hydrogen) atoms. The molecule has 1 heterocycles. The smallest absolute Gasteiger partial charge is 0.241 e. The van der Waals surface area contributed by atoms with Gasteiger partial charge < -0.3 is 0 Å². The summed E-state index contributed by atoms with van der Waals surface area (Å²) in [7, 11) is -3.97. The fourth-order valence-electron chi connectivity index (χ4n) is 1.67. The highest BCUT2D eigenvalue weighted by Crippen LogP contribution is 2.16. The fraction of sp³-hybridized carbons (Fsp3) is 0.154. The first-order chi connectivity index (χ1) is 9.00. The number of halogens is 1. The summed E-state index contributed by atoms with van der Waals surface area (Å²) in [6.07, 6.45) is 1.24. The monoisotopic (exact) mass is 280 g/mol. The molecule has 4 nitrogen and oxygen atoms in total. The molecule has 0 radical (unpaired) electrons. The van der Waals surface area contributed by atoms with Crippen LogP contribution in [0.2, 0.25) is 0 Å². The van der Waals surface area contributed by atoms with E-state index in [0.29, 0.717) is 0 Å². The van der Waals surface area contributed by atoms with Crippen LogP contribution < -0.4 is 4.72 Å². The average molecular weight is 280 g/mol. The minimum atomic E-state index is -3.97. The van der Waals surface area contributed by atoms with Gasteiger partial charge in [-0.05, 0) is 24.6 Å². The third-order valence-electron chi connectivity index (χ3n) is 2.61. The predicted molar refractivity (Wildman–Crippen MR) is 69.4 cm³/mol. The Hall–Kier alpha value is -1.79. The number of nitrogens with one attached hydrogen (secondary N) is 1. The van der Waals surface area contributed by atoms with Crippen LogP contribution in [-0.4, -0.2) is 13.4 Å². The number of hydrogen-bond acceptors (Lipinski definition) is 3. The van der Waals surface area contributed by atoms with Crippen molar-refractivity contribution in [1.29, 1.82) is 0 Å². The second kappa shape index (κ2) is 5.46. The van der Waals surface area contributed by atoms with Crippen LogP contribution in [0.3, 0.4) is 0 Å². The van der Waals surface area contributed by atoms with E-state index < -0.39 is 26.9 Å². The van der Waals surface area contributed by atoms with E-state index in [1.165, 1.54) is 12.3 Å². The van der Waals surface area contributed by atoms with Crippen molar-refractivity contribution in [3.8, 4) is 0 Å². The van der Waals surface area contributed by atoms with Gasteiger partial charge >= 0.3 is 0 Å². The zero-order valence-electron chi connectivity index (χ0n) is 10.2. The molecule has 1 atom stereocenters. The first-order valence-corrected chi connectivity index (χ1v) is 7.17. The highest BCUT2D eigenvalue weighted by molar-refractivity contribution is 7.89. The molecule has 100 valence electrons. The maximum Gasteiger partial charge on any atom is 0.261 e. The van der Waals surface area contributed by atoms with E-state index in [0.717, 1.165) is 11.6 Å². The van der Waals surface area contributed by atoms with Crippen LogP contribution in [0.15, 0.2) is 53.7 Å². The summed E-state index contributed by atoms with van der Waals surface area (Å²) in [4.78, 5) is 3.57. The van der Waals surface area contributed by atoms with Gasteiger partial charge in [-0.2, -0.15) is 0 Å². The number of hydrogen-bond donors (Lipinski definition) is 1. The molecular formula is C13H13FN2O2S. The quantitative estimate of drug-likeness (QED) is 0.934. The first kappa shape index (κ1) is 13.6. The molecule has 2 aromatic rings. The molecule has 0 saturated carbocycles. The van der Waals surface area contributed by atoms with Gasteiger partial charge in [0, 0.05) is 12.2 Å². The molecule has 0 aliphatic rings. The number of pyridine rings is 1. The zero-order valence-corrected chi connectivity index (χ0v) is 11.1. The van der Waals surface area contributed by atoms with Crippen LogP contribution in [-0.2, 0) is 10.0 Å². The van der Waals surface area contributed by atoms with Gasteiger partial charge in [0.05, 0.1) is 0 Å². The molecule has 2 rings (SSSR count). The summed E-state index contributed by atoms with van der Waals surface area (Å²) >= 11 is 0. The maximum atomic E-state index is 13.5. The van der Waals surface area contributed by atoms with Gasteiger partial charge in [-0.25, -0.2) is 22.5 Å². The van der Waals surface area contributed by atoms with Crippen molar-refractivity contribution < 1.29 is 12.8 Å². The van der Waals surface area contributed by atoms with E-state index in [2.05, 4.69) is 9.71 Å². The fourth-order valence-corrected chi connectivity index (χ4v) is 2.90. The molecule has 0 spiro atoms. The van der Waals surface area contributed by atoms with Gasteiger partial charge in [0.2, 0.25) is 5.03 Å². The largest absolute Gasteiger partial charge is 0.261 e. The van der Waals surface area contributed by atoms with Gasteiger partial charge in [0.1, 0.15) is 0 Å². The Labute approximate surface area is 111 Å². The molecule has 1 N–H and O–H groups in total. The molecular weight excluding hydrogens is 267 g/mol. The molecule has 0 aliphatic carbocycles. The van der Waals surface area contributed by atoms with Crippen molar-refractivity contribution in [1.82, 2.24) is 9.71 Å². The molecule has 6 heteroatoms. The average Bonchev–Trinajstić information content (AvgIpc) is 2.39. The molecule has 0 bridgehead atoms. The zero-order chi connectivity index (χ0) is 13.9. The van der Waals surface area contributed by atoms with E-state index >= 15 is 0 Å². The predicted octanol–water partition coefficient (Wildman–Crippen LogP) is 2.26. The number of nitrogens with zero attached hydrogens (tertiary/aromatic N) is 1. The molecule has 1 unspecified atom stereocenters. The summed E-state index contributed by atoms with van der Waals surface area (Å²) in [5.74, 6) is -0.865. The van der Waals surface area contributed by atoms with Crippen LogP contribution >= 0.6 is 0 Å². The molecule has 0 fully saturated rings. The summed E-state index contributed by atoms with van der Waals surface area (Å²) in [5, 5.41) is -0.585. The Balaban J connectivity index is 2.26. The number of rotatable bonds is 4. The SMILES string of the molecule is CC(NS(=O)(=O)c1ncccc1F)c1ccccc1. The van der Waals surface area contributed by atoms with Gasteiger partial charge in [-0.15, -0.1) is 0 Å². The number of sulfonamides is 1. The van der Waals surface area contributed by atoms with E-state index in [4.69, 9.17) is 0 Å². The van der Waals surface area contributed by atoms with Crippen molar-refractivity contribution in [2.75, 3.05) is 0 Å². The van der Waals surface area contributed by atoms with Gasteiger partial charge in [-0.3, -0.25) is 0 Å². The Morgan fingerprint density at radius 3 is 2.47 bits per heavy atom. The van der Waals surface area contributed by atoms with E-state index in [1.54, 1.807) is 19.1 Å². The Morgan fingerprint density at radius 2 is 1.84 bits per heavy atom. The van der Waals surface area contributed by atoms with Gasteiger partial charge in [0.15, 0.2) is 5.82 Å². The second-order valence-electron chi connectivity index (χ2n) is 4.04. The highest BCUT2D eigenvalue weighted by atomic mass is 32.2. The van der Waals surface area contributed by atoms with Crippen molar-refractivity contribution in [3.05, 3.63) is 60.0 Å². The van der Waals surface area contributed by atoms with Gasteiger partial charge in [0.25, 0.3) is 10.0 Å². The van der Waals surface area contributed by atoms with Crippen LogP contribution in [0.5, 0.6) is 0 Å². The summed E-state index contributed by atoms with van der Waals surface area (Å²) in [5.41, 5.74) is 0.794. The second-order valence-corrected chi connectivity index (χ2v) is 5.67. The standard InChI is InChI=1S/C13H13FN2O2S/c1-10(11-6-3-2-4-7-11)16-19(17,18)13-12(14)8-5-9-15-13/h2-10,16H,1H3. The lowest BCUT2D eigenvalue weighted by Crippen LogP contribution is -2.28. The molecule has 1 aromatic heterocycles. The molecule has 1 aromatic carbocycles. The summed E-state index contributed by atoms with van der Waals surface area (Å²) in [6.45, 7) is 1.69. The lowest BCUT2D eigenvalue weighted by molar-refractivity contribution is 0.536. The normalized spacial score (nSPS) is 13.2. The highest BCUT2D eigenvalue weighted by Gasteiger charge is 2.23. The van der Waals surface area contributed by atoms with Crippen molar-refractivity contribution in [3.63, 3.8) is 0 Å². The Kier molecular flexibility index (Phi) is 3.92. The van der Waals surface area contributed by atoms with Crippen molar-refractivity contribution in [2.45, 2.75) is 18.0 Å². The topological polar surface area (TPSA) is 59.1 Å². The Morgan fingerprint density at radius 1 is 1.16 bits per heavy atom. The number of benzene rings is 1. The third kappa shape index (κ3) is 3.15. The van der Waals surface area contributed by atoms with Crippen LogP contribution in [0, 0.1) is 5.82 Å². The molecule has 0 amide bonds. The van der Waals surface area contributed by atoms with Crippen LogP contribution in [0.1, 0.15) is 18.5 Å². The minimum absolute atomic E-state index is 0.465. The number of aromatic nitrogens is 1. The Bertz CT molecular complexity index is 659. The molecule has 0 saturated heterocycles. The molecule has 0 aliphatic heterocycles. The van der Waals surface area contributed by atoms with E-state index in [-0.39, 0.29) is 0 Å². The minimum Gasteiger partial charge on any atom is -0.241 e. The maximum absolute atomic E-state index is 13.5. The third-order valence-corrected chi connectivity index (χ3v) is 4.08. The first-order valence-electron chi connectivity index (χ1n) is 5.68. The van der Waals surface area contributed by atoms with Gasteiger partial charge in [-0.1, -0.05) is 30.3 Å². The van der Waals surface area contributed by atoms with Crippen molar-refractivity contribution in [2.24, 2.45) is 0 Å². The van der Waals surface area contributed by atoms with E-state index in [1.807, 2.05) is 18.2 Å². The lowest BCUT2D eigenvalue weighted by atomic mass is 10.1. The van der Waals surface area contributed by atoms with E-state index in [9.17, 15) is 12.8 Å². The van der Waals surface area contributed by atoms with Crippen LogP contribution in [0.25, 0.3) is 0 Å².